The Hall–Kier alpha value is -1.62. The van der Waals surface area contributed by atoms with Gasteiger partial charge in [0, 0.05) is 26.1 Å². The number of furan rings is 1. The lowest BCUT2D eigenvalue weighted by atomic mass is 10.2. The molecule has 2 rings (SSSR count). The average Bonchev–Trinajstić information content (AvgIpc) is 3.36. The summed E-state index contributed by atoms with van der Waals surface area (Å²) in [5.74, 6) is 2.76. The van der Waals surface area contributed by atoms with E-state index in [1.54, 1.807) is 12.6 Å². The minimum atomic E-state index is 0. The van der Waals surface area contributed by atoms with Gasteiger partial charge in [0.15, 0.2) is 5.96 Å². The molecule has 158 valence electrons. The summed E-state index contributed by atoms with van der Waals surface area (Å²) in [5, 5.41) is 14.8. The molecule has 28 heavy (non-hydrogen) atoms. The molecule has 0 aromatic carbocycles. The monoisotopic (exact) mass is 503 g/mol. The summed E-state index contributed by atoms with van der Waals surface area (Å²) in [6.07, 6.45) is 4.38. The molecule has 0 spiro atoms. The zero-order valence-electron chi connectivity index (χ0n) is 17.4. The van der Waals surface area contributed by atoms with Gasteiger partial charge in [-0.3, -0.25) is 9.89 Å². The molecular weight excluding hydrogens is 469 g/mol. The molecule has 0 aliphatic carbocycles. The molecule has 2 N–H and O–H groups in total. The predicted molar refractivity (Wildman–Crippen MR) is 123 cm³/mol. The third-order valence-electron chi connectivity index (χ3n) is 4.55. The van der Waals surface area contributed by atoms with E-state index in [-0.39, 0.29) is 30.0 Å². The second kappa shape index (κ2) is 13.5. The van der Waals surface area contributed by atoms with E-state index in [2.05, 4.69) is 58.0 Å². The van der Waals surface area contributed by atoms with Gasteiger partial charge in [0.05, 0.1) is 18.8 Å². The molecule has 0 fully saturated rings. The van der Waals surface area contributed by atoms with Crippen LogP contribution in [-0.2, 0) is 13.0 Å². The number of likely N-dealkylation sites (N-methyl/N-ethyl adjacent to an activating group) is 1. The maximum Gasteiger partial charge on any atom is 0.191 e. The number of nitrogens with one attached hydrogen (secondary N) is 2. The SMILES string of the molecule is CCNC(=NCC(c1ccco1)N(CC)CC)NCCn1cnnc1CC.I. The summed E-state index contributed by atoms with van der Waals surface area (Å²) in [7, 11) is 0. The van der Waals surface area contributed by atoms with Crippen LogP contribution in [0.4, 0.5) is 0 Å². The first kappa shape index (κ1) is 24.4. The number of aliphatic imine (C=N–C) groups is 1. The van der Waals surface area contributed by atoms with E-state index in [0.29, 0.717) is 6.54 Å². The lowest BCUT2D eigenvalue weighted by Gasteiger charge is -2.27. The second-order valence-electron chi connectivity index (χ2n) is 6.19. The number of hydrogen-bond acceptors (Lipinski definition) is 5. The van der Waals surface area contributed by atoms with Gasteiger partial charge < -0.3 is 19.6 Å². The van der Waals surface area contributed by atoms with Gasteiger partial charge >= 0.3 is 0 Å². The number of rotatable bonds is 11. The summed E-state index contributed by atoms with van der Waals surface area (Å²) in [5.41, 5.74) is 0. The van der Waals surface area contributed by atoms with Crippen LogP contribution in [-0.4, -0.2) is 58.3 Å². The Morgan fingerprint density at radius 1 is 1.25 bits per heavy atom. The van der Waals surface area contributed by atoms with Crippen molar-refractivity contribution in [3.63, 3.8) is 0 Å². The fourth-order valence-corrected chi connectivity index (χ4v) is 3.08. The van der Waals surface area contributed by atoms with Gasteiger partial charge in [0.1, 0.15) is 17.9 Å². The van der Waals surface area contributed by atoms with Gasteiger partial charge in [-0.05, 0) is 32.1 Å². The molecule has 2 aromatic heterocycles. The maximum absolute atomic E-state index is 5.66. The zero-order chi connectivity index (χ0) is 19.5. The van der Waals surface area contributed by atoms with Crippen molar-refractivity contribution < 1.29 is 4.42 Å². The summed E-state index contributed by atoms with van der Waals surface area (Å²) in [6.45, 7) is 13.4. The Bertz CT molecular complexity index is 668. The van der Waals surface area contributed by atoms with Crippen molar-refractivity contribution in [1.82, 2.24) is 30.3 Å². The molecule has 0 aliphatic heterocycles. The highest BCUT2D eigenvalue weighted by Crippen LogP contribution is 2.21. The number of aryl methyl sites for hydroxylation is 1. The lowest BCUT2D eigenvalue weighted by Crippen LogP contribution is -2.40. The summed E-state index contributed by atoms with van der Waals surface area (Å²) in [6, 6.07) is 4.09. The molecule has 0 aliphatic rings. The van der Waals surface area contributed by atoms with Crippen LogP contribution in [0.2, 0.25) is 0 Å². The van der Waals surface area contributed by atoms with Crippen LogP contribution in [0.15, 0.2) is 34.1 Å². The molecule has 1 unspecified atom stereocenters. The van der Waals surface area contributed by atoms with Crippen molar-refractivity contribution in [2.75, 3.05) is 32.7 Å². The lowest BCUT2D eigenvalue weighted by molar-refractivity contribution is 0.198. The minimum Gasteiger partial charge on any atom is -0.468 e. The van der Waals surface area contributed by atoms with Crippen LogP contribution in [0.5, 0.6) is 0 Å². The number of nitrogens with zero attached hydrogens (tertiary/aromatic N) is 5. The van der Waals surface area contributed by atoms with Gasteiger partial charge in [0.25, 0.3) is 0 Å². The molecule has 0 amide bonds. The van der Waals surface area contributed by atoms with Crippen molar-refractivity contribution >= 4 is 29.9 Å². The standard InChI is InChI=1S/C19H33N7O.HI/c1-5-18-24-23-15-26(18)12-11-21-19(20-6-2)22-14-16(25(7-3)8-4)17-10-9-13-27-17;/h9-10,13,15-16H,5-8,11-12,14H2,1-4H3,(H2,20,21,22);1H. The Balaban J connectivity index is 0.00000392. The van der Waals surface area contributed by atoms with Gasteiger partial charge in [-0.2, -0.15) is 0 Å². The first-order valence-corrected chi connectivity index (χ1v) is 9.89. The molecule has 0 saturated carbocycles. The van der Waals surface area contributed by atoms with E-state index in [1.165, 1.54) is 0 Å². The van der Waals surface area contributed by atoms with Gasteiger partial charge in [0.2, 0.25) is 0 Å². The summed E-state index contributed by atoms with van der Waals surface area (Å²) < 4.78 is 7.73. The first-order chi connectivity index (χ1) is 13.2. The molecule has 9 heteroatoms. The fourth-order valence-electron chi connectivity index (χ4n) is 3.08. The smallest absolute Gasteiger partial charge is 0.191 e. The van der Waals surface area contributed by atoms with Crippen molar-refractivity contribution in [2.45, 2.75) is 46.7 Å². The number of guanidine groups is 1. The highest BCUT2D eigenvalue weighted by molar-refractivity contribution is 14.0. The van der Waals surface area contributed by atoms with Crippen LogP contribution in [0.3, 0.4) is 0 Å². The number of hydrogen-bond donors (Lipinski definition) is 2. The van der Waals surface area contributed by atoms with E-state index < -0.39 is 0 Å². The molecule has 0 saturated heterocycles. The molecule has 1 atom stereocenters. The fraction of sp³-hybridized carbons (Fsp3) is 0.632. The van der Waals surface area contributed by atoms with Crippen LogP contribution in [0.25, 0.3) is 0 Å². The van der Waals surface area contributed by atoms with E-state index in [0.717, 1.165) is 56.7 Å². The topological polar surface area (TPSA) is 83.5 Å². The van der Waals surface area contributed by atoms with E-state index in [1.807, 2.05) is 12.1 Å². The molecule has 0 bridgehead atoms. The van der Waals surface area contributed by atoms with Crippen molar-refractivity contribution in [1.29, 1.82) is 0 Å². The Kier molecular flexibility index (Phi) is 11.8. The summed E-state index contributed by atoms with van der Waals surface area (Å²) >= 11 is 0. The third-order valence-corrected chi connectivity index (χ3v) is 4.55. The van der Waals surface area contributed by atoms with Gasteiger partial charge in [-0.1, -0.05) is 20.8 Å². The Morgan fingerprint density at radius 3 is 2.64 bits per heavy atom. The zero-order valence-corrected chi connectivity index (χ0v) is 19.7. The largest absolute Gasteiger partial charge is 0.468 e. The average molecular weight is 503 g/mol. The van der Waals surface area contributed by atoms with Gasteiger partial charge in [-0.25, -0.2) is 0 Å². The first-order valence-electron chi connectivity index (χ1n) is 9.89. The van der Waals surface area contributed by atoms with Crippen LogP contribution in [0.1, 0.15) is 45.3 Å². The van der Waals surface area contributed by atoms with Crippen molar-refractivity contribution in [3.8, 4) is 0 Å². The molecular formula is C19H34IN7O. The minimum absolute atomic E-state index is 0. The molecule has 2 aromatic rings. The Morgan fingerprint density at radius 2 is 2.04 bits per heavy atom. The van der Waals surface area contributed by atoms with Crippen molar-refractivity contribution in [3.05, 3.63) is 36.3 Å². The number of halogens is 1. The predicted octanol–water partition coefficient (Wildman–Crippen LogP) is 2.69. The van der Waals surface area contributed by atoms with Crippen molar-refractivity contribution in [2.24, 2.45) is 4.99 Å². The highest BCUT2D eigenvalue weighted by atomic mass is 127. The quantitative estimate of drug-likeness (QED) is 0.279. The normalized spacial score (nSPS) is 12.7. The summed E-state index contributed by atoms with van der Waals surface area (Å²) in [4.78, 5) is 7.16. The third kappa shape index (κ3) is 7.08. The van der Waals surface area contributed by atoms with Crippen LogP contribution in [0, 0.1) is 0 Å². The van der Waals surface area contributed by atoms with E-state index in [4.69, 9.17) is 9.41 Å². The second-order valence-corrected chi connectivity index (χ2v) is 6.19. The van der Waals surface area contributed by atoms with Gasteiger partial charge in [-0.15, -0.1) is 34.2 Å². The molecule has 2 heterocycles. The molecule has 0 radical (unpaired) electrons. The molecule has 8 nitrogen and oxygen atoms in total. The van der Waals surface area contributed by atoms with Crippen LogP contribution >= 0.6 is 24.0 Å². The highest BCUT2D eigenvalue weighted by Gasteiger charge is 2.20. The maximum atomic E-state index is 5.66. The van der Waals surface area contributed by atoms with Crippen LogP contribution < -0.4 is 10.6 Å². The van der Waals surface area contributed by atoms with E-state index >= 15 is 0 Å². The Labute approximate surface area is 185 Å². The number of aromatic nitrogens is 3. The van der Waals surface area contributed by atoms with E-state index in [9.17, 15) is 0 Å².